The summed E-state index contributed by atoms with van der Waals surface area (Å²) in [5.74, 6) is -1.10. The summed E-state index contributed by atoms with van der Waals surface area (Å²) in [5.41, 5.74) is 2.24. The van der Waals surface area contributed by atoms with Crippen molar-refractivity contribution in [1.82, 2.24) is 0 Å². The summed E-state index contributed by atoms with van der Waals surface area (Å²) in [7, 11) is 0. The molecule has 0 heterocycles. The highest BCUT2D eigenvalue weighted by atomic mass is 19.1. The van der Waals surface area contributed by atoms with Gasteiger partial charge in [-0.1, -0.05) is 18.2 Å². The van der Waals surface area contributed by atoms with Crippen molar-refractivity contribution in [3.05, 3.63) is 89.7 Å². The second kappa shape index (κ2) is 9.15. The van der Waals surface area contributed by atoms with Crippen LogP contribution in [0.1, 0.15) is 15.9 Å². The number of hydrogen-bond acceptors (Lipinski definition) is 4. The average molecular weight is 388 g/mol. The van der Waals surface area contributed by atoms with Crippen molar-refractivity contribution in [2.75, 3.05) is 22.5 Å². The molecule has 0 atom stereocenters. The normalized spacial score (nSPS) is 9.93. The molecule has 3 aromatic carbocycles. The predicted octanol–water partition coefficient (Wildman–Crippen LogP) is 4.00. The SMILES string of the molecule is N#Cc1cccc(NC(=O)CNc2ccccc2C(=O)Nc2ccc(F)cc2)c1. The third-order valence-electron chi connectivity index (χ3n) is 3.99. The van der Waals surface area contributed by atoms with Crippen LogP contribution in [-0.2, 0) is 4.79 Å². The zero-order valence-electron chi connectivity index (χ0n) is 15.3. The minimum absolute atomic E-state index is 0.0718. The number of hydrogen-bond donors (Lipinski definition) is 3. The molecule has 6 nitrogen and oxygen atoms in total. The van der Waals surface area contributed by atoms with Crippen LogP contribution >= 0.6 is 0 Å². The number of para-hydroxylation sites is 1. The third kappa shape index (κ3) is 5.40. The van der Waals surface area contributed by atoms with Crippen molar-refractivity contribution < 1.29 is 14.0 Å². The molecule has 3 N–H and O–H groups in total. The maximum atomic E-state index is 13.0. The minimum Gasteiger partial charge on any atom is -0.376 e. The van der Waals surface area contributed by atoms with Gasteiger partial charge in [0.05, 0.1) is 23.7 Å². The Labute approximate surface area is 167 Å². The molecule has 0 aromatic heterocycles. The second-order valence-electron chi connectivity index (χ2n) is 6.10. The molecule has 0 bridgehead atoms. The molecule has 29 heavy (non-hydrogen) atoms. The Morgan fingerprint density at radius 3 is 2.41 bits per heavy atom. The fourth-order valence-electron chi connectivity index (χ4n) is 2.61. The number of anilines is 3. The minimum atomic E-state index is -0.392. The number of nitrogens with one attached hydrogen (secondary N) is 3. The quantitative estimate of drug-likeness (QED) is 0.595. The van der Waals surface area contributed by atoms with Crippen LogP contribution in [0.4, 0.5) is 21.5 Å². The van der Waals surface area contributed by atoms with Crippen LogP contribution in [0.15, 0.2) is 72.8 Å². The van der Waals surface area contributed by atoms with E-state index in [1.165, 1.54) is 24.3 Å². The van der Waals surface area contributed by atoms with Gasteiger partial charge in [-0.2, -0.15) is 5.26 Å². The Morgan fingerprint density at radius 1 is 0.897 bits per heavy atom. The molecule has 0 unspecified atom stereocenters. The van der Waals surface area contributed by atoms with E-state index in [1.54, 1.807) is 48.5 Å². The first-order chi connectivity index (χ1) is 14.0. The van der Waals surface area contributed by atoms with Crippen LogP contribution in [0, 0.1) is 17.1 Å². The first-order valence-corrected chi connectivity index (χ1v) is 8.75. The zero-order chi connectivity index (χ0) is 20.6. The van der Waals surface area contributed by atoms with Gasteiger partial charge in [-0.05, 0) is 54.6 Å². The Hall–Kier alpha value is -4.18. The number of amides is 2. The summed E-state index contributed by atoms with van der Waals surface area (Å²) in [6, 6.07) is 20.8. The molecule has 0 fully saturated rings. The summed E-state index contributed by atoms with van der Waals surface area (Å²) in [6.07, 6.45) is 0. The fraction of sp³-hybridized carbons (Fsp3) is 0.0455. The molecule has 0 saturated carbocycles. The van der Waals surface area contributed by atoms with Crippen LogP contribution in [0.5, 0.6) is 0 Å². The van der Waals surface area contributed by atoms with Gasteiger partial charge in [0, 0.05) is 17.1 Å². The molecule has 3 rings (SSSR count). The van der Waals surface area contributed by atoms with Crippen LogP contribution in [0.3, 0.4) is 0 Å². The molecular formula is C22H17FN4O2. The summed E-state index contributed by atoms with van der Waals surface area (Å²) >= 11 is 0. The molecule has 7 heteroatoms. The molecule has 0 radical (unpaired) electrons. The number of benzene rings is 3. The molecule has 3 aromatic rings. The molecular weight excluding hydrogens is 371 g/mol. The Balaban J connectivity index is 1.64. The first kappa shape index (κ1) is 19.6. The number of carbonyl (C=O) groups excluding carboxylic acids is 2. The van der Waals surface area contributed by atoms with Gasteiger partial charge in [0.25, 0.3) is 5.91 Å². The fourth-order valence-corrected chi connectivity index (χ4v) is 2.61. The van der Waals surface area contributed by atoms with Gasteiger partial charge in [-0.25, -0.2) is 4.39 Å². The molecule has 0 saturated heterocycles. The van der Waals surface area contributed by atoms with E-state index in [2.05, 4.69) is 16.0 Å². The molecule has 144 valence electrons. The lowest BCUT2D eigenvalue weighted by Crippen LogP contribution is -2.23. The van der Waals surface area contributed by atoms with E-state index in [-0.39, 0.29) is 18.4 Å². The van der Waals surface area contributed by atoms with Gasteiger partial charge in [-0.3, -0.25) is 9.59 Å². The standard InChI is InChI=1S/C22H17FN4O2/c23-16-8-10-17(11-9-16)27-22(29)19-6-1-2-7-20(19)25-14-21(28)26-18-5-3-4-15(12-18)13-24/h1-12,25H,14H2,(H,26,28)(H,27,29). The first-order valence-electron chi connectivity index (χ1n) is 8.75. The lowest BCUT2D eigenvalue weighted by atomic mass is 10.1. The third-order valence-corrected chi connectivity index (χ3v) is 3.99. The Morgan fingerprint density at radius 2 is 1.66 bits per heavy atom. The molecule has 0 spiro atoms. The van der Waals surface area contributed by atoms with E-state index in [0.29, 0.717) is 28.2 Å². The number of carbonyl (C=O) groups is 2. The Kier molecular flexibility index (Phi) is 6.18. The predicted molar refractivity (Wildman–Crippen MR) is 109 cm³/mol. The van der Waals surface area contributed by atoms with Gasteiger partial charge >= 0.3 is 0 Å². The topological polar surface area (TPSA) is 94.0 Å². The Bertz CT molecular complexity index is 1070. The van der Waals surface area contributed by atoms with Crippen LogP contribution < -0.4 is 16.0 Å². The average Bonchev–Trinajstić information content (AvgIpc) is 2.74. The van der Waals surface area contributed by atoms with Crippen molar-refractivity contribution in [2.45, 2.75) is 0 Å². The van der Waals surface area contributed by atoms with E-state index in [1.807, 2.05) is 6.07 Å². The maximum absolute atomic E-state index is 13.0. The van der Waals surface area contributed by atoms with E-state index >= 15 is 0 Å². The van der Waals surface area contributed by atoms with Crippen LogP contribution in [0.25, 0.3) is 0 Å². The van der Waals surface area contributed by atoms with E-state index in [9.17, 15) is 14.0 Å². The van der Waals surface area contributed by atoms with Gasteiger partial charge < -0.3 is 16.0 Å². The molecule has 0 aliphatic rings. The largest absolute Gasteiger partial charge is 0.376 e. The molecule has 2 amide bonds. The van der Waals surface area contributed by atoms with Gasteiger partial charge in [0.15, 0.2) is 0 Å². The lowest BCUT2D eigenvalue weighted by Gasteiger charge is -2.12. The lowest BCUT2D eigenvalue weighted by molar-refractivity contribution is -0.114. The van der Waals surface area contributed by atoms with Gasteiger partial charge in [-0.15, -0.1) is 0 Å². The summed E-state index contributed by atoms with van der Waals surface area (Å²) in [4.78, 5) is 24.7. The highest BCUT2D eigenvalue weighted by Gasteiger charge is 2.12. The number of nitriles is 1. The number of halogens is 1. The highest BCUT2D eigenvalue weighted by Crippen LogP contribution is 2.18. The van der Waals surface area contributed by atoms with Crippen molar-refractivity contribution in [3.63, 3.8) is 0 Å². The van der Waals surface area contributed by atoms with E-state index < -0.39 is 5.82 Å². The summed E-state index contributed by atoms with van der Waals surface area (Å²) < 4.78 is 13.0. The van der Waals surface area contributed by atoms with E-state index in [4.69, 9.17) is 5.26 Å². The summed E-state index contributed by atoms with van der Waals surface area (Å²) in [5, 5.41) is 17.2. The molecule has 0 aliphatic carbocycles. The highest BCUT2D eigenvalue weighted by molar-refractivity contribution is 6.08. The zero-order valence-corrected chi connectivity index (χ0v) is 15.3. The van der Waals surface area contributed by atoms with Gasteiger partial charge in [0.2, 0.25) is 5.91 Å². The van der Waals surface area contributed by atoms with E-state index in [0.717, 1.165) is 0 Å². The summed E-state index contributed by atoms with van der Waals surface area (Å²) in [6.45, 7) is -0.0718. The smallest absolute Gasteiger partial charge is 0.257 e. The van der Waals surface area contributed by atoms with Crippen molar-refractivity contribution in [1.29, 1.82) is 5.26 Å². The van der Waals surface area contributed by atoms with Crippen LogP contribution in [0.2, 0.25) is 0 Å². The van der Waals surface area contributed by atoms with Gasteiger partial charge in [0.1, 0.15) is 5.82 Å². The number of nitrogens with zero attached hydrogens (tertiary/aromatic N) is 1. The van der Waals surface area contributed by atoms with Crippen molar-refractivity contribution in [2.24, 2.45) is 0 Å². The van der Waals surface area contributed by atoms with Crippen molar-refractivity contribution >= 4 is 28.9 Å². The monoisotopic (exact) mass is 388 g/mol. The maximum Gasteiger partial charge on any atom is 0.257 e. The number of rotatable bonds is 6. The van der Waals surface area contributed by atoms with Crippen molar-refractivity contribution in [3.8, 4) is 6.07 Å². The second-order valence-corrected chi connectivity index (χ2v) is 6.10. The molecule has 0 aliphatic heterocycles. The van der Waals surface area contributed by atoms with Crippen LogP contribution in [-0.4, -0.2) is 18.4 Å².